The van der Waals surface area contributed by atoms with Gasteiger partial charge in [-0.15, -0.1) is 0 Å². The average molecular weight is 167 g/mol. The Morgan fingerprint density at radius 2 is 2.33 bits per heavy atom. The number of nitrogens with one attached hydrogen (secondary N) is 2. The molecule has 68 valence electrons. The molecule has 0 spiro atoms. The predicted molar refractivity (Wildman–Crippen MR) is 50.0 cm³/mol. The van der Waals surface area contributed by atoms with Crippen molar-refractivity contribution in [2.75, 3.05) is 6.54 Å². The average Bonchev–Trinajstić information content (AvgIpc) is 2.53. The third kappa shape index (κ3) is 2.66. The van der Waals surface area contributed by atoms with Crippen LogP contribution in [0.3, 0.4) is 0 Å². The van der Waals surface area contributed by atoms with Crippen molar-refractivity contribution in [2.24, 2.45) is 0 Å². The molecular formula is C9H17N3. The lowest BCUT2D eigenvalue weighted by Crippen LogP contribution is -2.14. The second-order valence-corrected chi connectivity index (χ2v) is 2.89. The fourth-order valence-electron chi connectivity index (χ4n) is 1.06. The molecule has 0 atom stereocenters. The maximum Gasteiger partial charge on any atom is 0.120 e. The first-order valence-electron chi connectivity index (χ1n) is 4.60. The lowest BCUT2D eigenvalue weighted by atomic mass is 10.4. The Labute approximate surface area is 73.6 Å². The normalized spacial score (nSPS) is 10.5. The van der Waals surface area contributed by atoms with Crippen LogP contribution in [0.2, 0.25) is 0 Å². The molecule has 0 aliphatic carbocycles. The number of imidazole rings is 1. The van der Waals surface area contributed by atoms with E-state index >= 15 is 0 Å². The van der Waals surface area contributed by atoms with Crippen molar-refractivity contribution in [3.05, 3.63) is 17.7 Å². The van der Waals surface area contributed by atoms with Crippen LogP contribution in [0, 0.1) is 0 Å². The van der Waals surface area contributed by atoms with Crippen molar-refractivity contribution in [3.63, 3.8) is 0 Å². The van der Waals surface area contributed by atoms with E-state index in [2.05, 4.69) is 29.1 Å². The highest BCUT2D eigenvalue weighted by molar-refractivity contribution is 5.00. The second-order valence-electron chi connectivity index (χ2n) is 2.89. The first-order valence-corrected chi connectivity index (χ1v) is 4.60. The summed E-state index contributed by atoms with van der Waals surface area (Å²) >= 11 is 0. The van der Waals surface area contributed by atoms with E-state index in [-0.39, 0.29) is 0 Å². The lowest BCUT2D eigenvalue weighted by molar-refractivity contribution is 0.654. The van der Waals surface area contributed by atoms with Gasteiger partial charge in [-0.25, -0.2) is 4.98 Å². The summed E-state index contributed by atoms with van der Waals surface area (Å²) in [7, 11) is 0. The van der Waals surface area contributed by atoms with Gasteiger partial charge in [0.2, 0.25) is 0 Å². The van der Waals surface area contributed by atoms with Gasteiger partial charge in [0.1, 0.15) is 5.82 Å². The zero-order chi connectivity index (χ0) is 8.81. The Bertz CT molecular complexity index is 217. The van der Waals surface area contributed by atoms with E-state index in [1.807, 2.05) is 6.20 Å². The fourth-order valence-corrected chi connectivity index (χ4v) is 1.06. The van der Waals surface area contributed by atoms with Crippen LogP contribution in [0.5, 0.6) is 0 Å². The monoisotopic (exact) mass is 167 g/mol. The molecule has 0 bridgehead atoms. The zero-order valence-electron chi connectivity index (χ0n) is 7.85. The molecule has 1 aromatic heterocycles. The molecule has 1 rings (SSSR count). The standard InChI is InChI=1S/C9H17N3/c1-3-5-10-7-9-11-6-8(4-2)12-9/h6,10H,3-5,7H2,1-2H3,(H,11,12). The molecule has 0 aliphatic rings. The highest BCUT2D eigenvalue weighted by Gasteiger charge is 1.96. The maximum absolute atomic E-state index is 4.24. The zero-order valence-corrected chi connectivity index (χ0v) is 7.85. The van der Waals surface area contributed by atoms with Gasteiger partial charge >= 0.3 is 0 Å². The maximum atomic E-state index is 4.24. The summed E-state index contributed by atoms with van der Waals surface area (Å²) in [5, 5.41) is 3.30. The SMILES string of the molecule is CCCNCc1ncc(CC)[nH]1. The highest BCUT2D eigenvalue weighted by Crippen LogP contribution is 1.96. The third-order valence-corrected chi connectivity index (χ3v) is 1.78. The molecule has 0 unspecified atom stereocenters. The van der Waals surface area contributed by atoms with E-state index in [1.54, 1.807) is 0 Å². The molecule has 0 saturated heterocycles. The number of nitrogens with zero attached hydrogens (tertiary/aromatic N) is 1. The molecule has 1 heterocycles. The number of aromatic amines is 1. The molecule has 3 heteroatoms. The Morgan fingerprint density at radius 3 is 2.92 bits per heavy atom. The quantitative estimate of drug-likeness (QED) is 0.652. The summed E-state index contributed by atoms with van der Waals surface area (Å²) < 4.78 is 0. The Morgan fingerprint density at radius 1 is 1.50 bits per heavy atom. The summed E-state index contributed by atoms with van der Waals surface area (Å²) in [4.78, 5) is 7.49. The second kappa shape index (κ2) is 4.93. The van der Waals surface area contributed by atoms with Crippen molar-refractivity contribution < 1.29 is 0 Å². The van der Waals surface area contributed by atoms with Crippen LogP contribution in [-0.2, 0) is 13.0 Å². The Balaban J connectivity index is 2.31. The number of hydrogen-bond donors (Lipinski definition) is 2. The summed E-state index contributed by atoms with van der Waals surface area (Å²) in [6.07, 6.45) is 4.10. The van der Waals surface area contributed by atoms with Crippen LogP contribution in [-0.4, -0.2) is 16.5 Å². The number of rotatable bonds is 5. The van der Waals surface area contributed by atoms with Crippen molar-refractivity contribution >= 4 is 0 Å². The van der Waals surface area contributed by atoms with E-state index in [4.69, 9.17) is 0 Å². The van der Waals surface area contributed by atoms with E-state index in [1.165, 1.54) is 12.1 Å². The van der Waals surface area contributed by atoms with E-state index in [0.29, 0.717) is 0 Å². The van der Waals surface area contributed by atoms with Crippen molar-refractivity contribution in [1.82, 2.24) is 15.3 Å². The van der Waals surface area contributed by atoms with Gasteiger partial charge in [0.25, 0.3) is 0 Å². The third-order valence-electron chi connectivity index (χ3n) is 1.78. The summed E-state index contributed by atoms with van der Waals surface area (Å²) in [5.41, 5.74) is 1.21. The molecule has 0 saturated carbocycles. The summed E-state index contributed by atoms with van der Waals surface area (Å²) in [5.74, 6) is 1.04. The lowest BCUT2D eigenvalue weighted by Gasteiger charge is -1.98. The minimum Gasteiger partial charge on any atom is -0.345 e. The minimum atomic E-state index is 0.855. The number of H-pyrrole nitrogens is 1. The van der Waals surface area contributed by atoms with Crippen LogP contribution in [0.25, 0.3) is 0 Å². The van der Waals surface area contributed by atoms with Crippen molar-refractivity contribution in [2.45, 2.75) is 33.2 Å². The minimum absolute atomic E-state index is 0.855. The Kier molecular flexibility index (Phi) is 3.80. The number of hydrogen-bond acceptors (Lipinski definition) is 2. The highest BCUT2D eigenvalue weighted by atomic mass is 15.0. The molecule has 3 nitrogen and oxygen atoms in total. The van der Waals surface area contributed by atoms with Crippen LogP contribution in [0.1, 0.15) is 31.8 Å². The molecule has 0 aliphatic heterocycles. The Hall–Kier alpha value is -0.830. The molecule has 0 amide bonds. The van der Waals surface area contributed by atoms with Gasteiger partial charge in [0.15, 0.2) is 0 Å². The van der Waals surface area contributed by atoms with Gasteiger partial charge < -0.3 is 10.3 Å². The molecule has 0 fully saturated rings. The summed E-state index contributed by atoms with van der Waals surface area (Å²) in [6.45, 7) is 6.19. The number of aromatic nitrogens is 2. The van der Waals surface area contributed by atoms with Gasteiger partial charge in [0, 0.05) is 11.9 Å². The predicted octanol–water partition coefficient (Wildman–Crippen LogP) is 1.47. The molecule has 1 aromatic rings. The van der Waals surface area contributed by atoms with Gasteiger partial charge in [-0.1, -0.05) is 13.8 Å². The fraction of sp³-hybridized carbons (Fsp3) is 0.667. The molecule has 2 N–H and O–H groups in total. The van der Waals surface area contributed by atoms with Crippen LogP contribution >= 0.6 is 0 Å². The van der Waals surface area contributed by atoms with E-state index in [9.17, 15) is 0 Å². The van der Waals surface area contributed by atoms with Crippen molar-refractivity contribution in [1.29, 1.82) is 0 Å². The van der Waals surface area contributed by atoms with Gasteiger partial charge in [-0.2, -0.15) is 0 Å². The molecule has 12 heavy (non-hydrogen) atoms. The summed E-state index contributed by atoms with van der Waals surface area (Å²) in [6, 6.07) is 0. The largest absolute Gasteiger partial charge is 0.345 e. The molecule has 0 radical (unpaired) electrons. The van der Waals surface area contributed by atoms with Gasteiger partial charge in [-0.05, 0) is 19.4 Å². The number of aryl methyl sites for hydroxylation is 1. The smallest absolute Gasteiger partial charge is 0.120 e. The molecular weight excluding hydrogens is 150 g/mol. The van der Waals surface area contributed by atoms with Gasteiger partial charge in [0.05, 0.1) is 6.54 Å². The van der Waals surface area contributed by atoms with Crippen molar-refractivity contribution in [3.8, 4) is 0 Å². The van der Waals surface area contributed by atoms with E-state index in [0.717, 1.165) is 25.3 Å². The first-order chi connectivity index (χ1) is 5.86. The van der Waals surface area contributed by atoms with Crippen LogP contribution in [0.4, 0.5) is 0 Å². The van der Waals surface area contributed by atoms with E-state index < -0.39 is 0 Å². The topological polar surface area (TPSA) is 40.7 Å². The van der Waals surface area contributed by atoms with Gasteiger partial charge in [-0.3, -0.25) is 0 Å². The van der Waals surface area contributed by atoms with Crippen LogP contribution in [0.15, 0.2) is 6.20 Å². The molecule has 0 aromatic carbocycles. The first kappa shape index (κ1) is 9.26. The van der Waals surface area contributed by atoms with Crippen LogP contribution < -0.4 is 5.32 Å².